The van der Waals surface area contributed by atoms with E-state index in [1.807, 2.05) is 0 Å². The van der Waals surface area contributed by atoms with Gasteiger partial charge in [0.1, 0.15) is 12.4 Å². The number of pyridine rings is 1. The number of rotatable bonds is 6. The van der Waals surface area contributed by atoms with Gasteiger partial charge in [0.2, 0.25) is 0 Å². The molecular weight excluding hydrogens is 236 g/mol. The van der Waals surface area contributed by atoms with E-state index in [4.69, 9.17) is 16.3 Å². The number of aromatic nitrogens is 1. The van der Waals surface area contributed by atoms with E-state index in [2.05, 4.69) is 31.1 Å². The van der Waals surface area contributed by atoms with Crippen LogP contribution in [-0.2, 0) is 0 Å². The average molecular weight is 257 g/mol. The van der Waals surface area contributed by atoms with E-state index in [-0.39, 0.29) is 0 Å². The molecule has 0 spiro atoms. The smallest absolute Gasteiger partial charge is 0.139 e. The fraction of sp³-hybridized carbons (Fsp3) is 0.615. The number of halogens is 1. The maximum absolute atomic E-state index is 5.80. The molecule has 1 rings (SSSR count). The van der Waals surface area contributed by atoms with E-state index in [1.165, 1.54) is 0 Å². The third-order valence-electron chi connectivity index (χ3n) is 2.28. The molecular formula is C13H21ClN2O. The van der Waals surface area contributed by atoms with E-state index in [9.17, 15) is 0 Å². The Hall–Kier alpha value is -0.800. The molecule has 1 aromatic rings. The highest BCUT2D eigenvalue weighted by atomic mass is 35.5. The molecule has 0 amide bonds. The standard InChI is InChI=1S/C13H21ClN2O/c1-13(2,3)4-5-15-6-7-17-12-8-11(14)9-16-10-12/h8-10,15H,4-7H2,1-3H3. The van der Waals surface area contributed by atoms with Crippen molar-refractivity contribution >= 4 is 11.6 Å². The topological polar surface area (TPSA) is 34.1 Å². The van der Waals surface area contributed by atoms with Crippen LogP contribution in [0.4, 0.5) is 0 Å². The van der Waals surface area contributed by atoms with E-state index in [1.54, 1.807) is 18.5 Å². The van der Waals surface area contributed by atoms with Crippen LogP contribution in [0.5, 0.6) is 5.75 Å². The Morgan fingerprint density at radius 3 is 2.71 bits per heavy atom. The molecule has 0 radical (unpaired) electrons. The summed E-state index contributed by atoms with van der Waals surface area (Å²) < 4.78 is 5.51. The van der Waals surface area contributed by atoms with Gasteiger partial charge >= 0.3 is 0 Å². The molecule has 4 heteroatoms. The molecule has 0 saturated carbocycles. The maximum atomic E-state index is 5.80. The molecule has 0 aliphatic heterocycles. The van der Waals surface area contributed by atoms with Crippen molar-refractivity contribution in [2.45, 2.75) is 27.2 Å². The van der Waals surface area contributed by atoms with Crippen molar-refractivity contribution in [3.05, 3.63) is 23.5 Å². The largest absolute Gasteiger partial charge is 0.491 e. The van der Waals surface area contributed by atoms with Crippen LogP contribution < -0.4 is 10.1 Å². The van der Waals surface area contributed by atoms with Gasteiger partial charge in [-0.05, 0) is 18.4 Å². The molecule has 0 bridgehead atoms. The van der Waals surface area contributed by atoms with E-state index in [0.29, 0.717) is 17.0 Å². The Bertz CT molecular complexity index is 336. The van der Waals surface area contributed by atoms with Crippen molar-refractivity contribution in [2.75, 3.05) is 19.7 Å². The van der Waals surface area contributed by atoms with Crippen molar-refractivity contribution in [1.82, 2.24) is 10.3 Å². The molecule has 0 fully saturated rings. The van der Waals surface area contributed by atoms with Crippen LogP contribution in [0.1, 0.15) is 27.2 Å². The first-order valence-corrected chi connectivity index (χ1v) is 6.29. The minimum Gasteiger partial charge on any atom is -0.491 e. The quantitative estimate of drug-likeness (QED) is 0.794. The molecule has 0 aliphatic rings. The third-order valence-corrected chi connectivity index (χ3v) is 2.49. The third kappa shape index (κ3) is 7.18. The SMILES string of the molecule is CC(C)(C)CCNCCOc1cncc(Cl)c1. The average Bonchev–Trinajstić information content (AvgIpc) is 2.22. The number of nitrogens with one attached hydrogen (secondary N) is 1. The Morgan fingerprint density at radius 1 is 1.29 bits per heavy atom. The molecule has 0 aromatic carbocycles. The minimum atomic E-state index is 0.380. The second kappa shape index (κ2) is 6.82. The van der Waals surface area contributed by atoms with Crippen molar-refractivity contribution < 1.29 is 4.74 Å². The number of hydrogen-bond donors (Lipinski definition) is 1. The van der Waals surface area contributed by atoms with Gasteiger partial charge in [0.25, 0.3) is 0 Å². The van der Waals surface area contributed by atoms with Gasteiger partial charge in [0, 0.05) is 18.8 Å². The van der Waals surface area contributed by atoms with Gasteiger partial charge in [0.05, 0.1) is 11.2 Å². The lowest BCUT2D eigenvalue weighted by Crippen LogP contribution is -2.25. The van der Waals surface area contributed by atoms with Crippen molar-refractivity contribution in [3.63, 3.8) is 0 Å². The highest BCUT2D eigenvalue weighted by molar-refractivity contribution is 6.30. The summed E-state index contributed by atoms with van der Waals surface area (Å²) >= 11 is 5.80. The van der Waals surface area contributed by atoms with Crippen LogP contribution >= 0.6 is 11.6 Å². The number of ether oxygens (including phenoxy) is 1. The number of hydrogen-bond acceptors (Lipinski definition) is 3. The summed E-state index contributed by atoms with van der Waals surface area (Å²) in [6.45, 7) is 9.20. The number of nitrogens with zero attached hydrogens (tertiary/aromatic N) is 1. The first-order chi connectivity index (χ1) is 7.97. The monoisotopic (exact) mass is 256 g/mol. The van der Waals surface area contributed by atoms with Gasteiger partial charge in [-0.25, -0.2) is 0 Å². The van der Waals surface area contributed by atoms with Gasteiger partial charge < -0.3 is 10.1 Å². The Labute approximate surface area is 109 Å². The first-order valence-electron chi connectivity index (χ1n) is 5.91. The van der Waals surface area contributed by atoms with Gasteiger partial charge in [-0.3, -0.25) is 4.98 Å². The van der Waals surface area contributed by atoms with Crippen LogP contribution in [0, 0.1) is 5.41 Å². The molecule has 0 unspecified atom stereocenters. The molecule has 1 heterocycles. The summed E-state index contributed by atoms with van der Waals surface area (Å²) in [6, 6.07) is 1.77. The Balaban J connectivity index is 2.09. The summed E-state index contributed by atoms with van der Waals surface area (Å²) in [7, 11) is 0. The molecule has 0 atom stereocenters. The summed E-state index contributed by atoms with van der Waals surface area (Å²) in [5, 5.41) is 3.95. The van der Waals surface area contributed by atoms with Crippen molar-refractivity contribution in [1.29, 1.82) is 0 Å². The lowest BCUT2D eigenvalue weighted by Gasteiger charge is -2.18. The van der Waals surface area contributed by atoms with Gasteiger partial charge in [-0.2, -0.15) is 0 Å². The van der Waals surface area contributed by atoms with Gasteiger partial charge in [-0.1, -0.05) is 32.4 Å². The summed E-state index contributed by atoms with van der Waals surface area (Å²) in [6.07, 6.45) is 4.42. The minimum absolute atomic E-state index is 0.380. The van der Waals surface area contributed by atoms with Crippen LogP contribution in [0.15, 0.2) is 18.5 Å². The maximum Gasteiger partial charge on any atom is 0.139 e. The van der Waals surface area contributed by atoms with Crippen molar-refractivity contribution in [3.8, 4) is 5.75 Å². The van der Waals surface area contributed by atoms with Crippen molar-refractivity contribution in [2.24, 2.45) is 5.41 Å². The summed E-state index contributed by atoms with van der Waals surface area (Å²) in [5.74, 6) is 0.718. The Kier molecular flexibility index (Phi) is 5.72. The van der Waals surface area contributed by atoms with Crippen LogP contribution in [0.3, 0.4) is 0 Å². The molecule has 96 valence electrons. The molecule has 1 aromatic heterocycles. The molecule has 0 aliphatic carbocycles. The molecule has 1 N–H and O–H groups in total. The predicted octanol–water partition coefficient (Wildman–Crippen LogP) is 3.14. The van der Waals surface area contributed by atoms with Crippen LogP contribution in [0.2, 0.25) is 5.02 Å². The highest BCUT2D eigenvalue weighted by Crippen LogP contribution is 2.17. The van der Waals surface area contributed by atoms with E-state index < -0.39 is 0 Å². The zero-order valence-corrected chi connectivity index (χ0v) is 11.5. The van der Waals surface area contributed by atoms with E-state index >= 15 is 0 Å². The Morgan fingerprint density at radius 2 is 2.06 bits per heavy atom. The van der Waals surface area contributed by atoms with Crippen LogP contribution in [-0.4, -0.2) is 24.7 Å². The zero-order chi connectivity index (χ0) is 12.7. The van der Waals surface area contributed by atoms with E-state index in [0.717, 1.165) is 25.3 Å². The lowest BCUT2D eigenvalue weighted by molar-refractivity contribution is 0.303. The van der Waals surface area contributed by atoms with Gasteiger partial charge in [0.15, 0.2) is 0 Å². The second-order valence-electron chi connectivity index (χ2n) is 5.25. The normalized spacial score (nSPS) is 11.5. The summed E-state index contributed by atoms with van der Waals surface area (Å²) in [4.78, 5) is 3.95. The molecule has 17 heavy (non-hydrogen) atoms. The zero-order valence-electron chi connectivity index (χ0n) is 10.8. The van der Waals surface area contributed by atoms with Gasteiger partial charge in [-0.15, -0.1) is 0 Å². The summed E-state index contributed by atoms with van der Waals surface area (Å²) in [5.41, 5.74) is 0.380. The fourth-order valence-electron chi connectivity index (χ4n) is 1.30. The van der Waals surface area contributed by atoms with Crippen LogP contribution in [0.25, 0.3) is 0 Å². The fourth-order valence-corrected chi connectivity index (χ4v) is 1.46. The second-order valence-corrected chi connectivity index (χ2v) is 5.68. The lowest BCUT2D eigenvalue weighted by atomic mass is 9.92. The first kappa shape index (κ1) is 14.3. The highest BCUT2D eigenvalue weighted by Gasteiger charge is 2.08. The molecule has 0 saturated heterocycles. The molecule has 3 nitrogen and oxygen atoms in total. The predicted molar refractivity (Wildman–Crippen MR) is 71.7 cm³/mol.